The van der Waals surface area contributed by atoms with Crippen LogP contribution in [0.2, 0.25) is 0 Å². The van der Waals surface area contributed by atoms with Gasteiger partial charge in [-0.15, -0.1) is 0 Å². The van der Waals surface area contributed by atoms with Gasteiger partial charge in [0.2, 0.25) is 0 Å². The van der Waals surface area contributed by atoms with E-state index in [1.54, 1.807) is 0 Å². The summed E-state index contributed by atoms with van der Waals surface area (Å²) in [5, 5.41) is 2.63. The van der Waals surface area contributed by atoms with Gasteiger partial charge in [-0.3, -0.25) is 4.79 Å². The average Bonchev–Trinajstić information content (AvgIpc) is 2.41. The highest BCUT2D eigenvalue weighted by molar-refractivity contribution is 8.13. The molecule has 0 fully saturated rings. The van der Waals surface area contributed by atoms with Crippen LogP contribution in [0.4, 0.5) is 0 Å². The van der Waals surface area contributed by atoms with E-state index in [0.29, 0.717) is 13.2 Å². The average molecular weight is 336 g/mol. The van der Waals surface area contributed by atoms with Crippen LogP contribution in [0.5, 0.6) is 5.75 Å². The molecular weight excluding hydrogens is 318 g/mol. The van der Waals surface area contributed by atoms with Gasteiger partial charge >= 0.3 is 0 Å². The molecule has 0 saturated carbocycles. The molecule has 0 aromatic heterocycles. The maximum absolute atomic E-state index is 12.1. The van der Waals surface area contributed by atoms with Crippen molar-refractivity contribution in [1.82, 2.24) is 5.32 Å². The first kappa shape index (κ1) is 17.7. The van der Waals surface area contributed by atoms with E-state index in [1.807, 2.05) is 13.8 Å². The highest BCUT2D eigenvalue weighted by atomic mass is 35.7. The molecule has 0 unspecified atom stereocenters. The zero-order valence-electron chi connectivity index (χ0n) is 12.1. The van der Waals surface area contributed by atoms with Crippen molar-refractivity contribution in [1.29, 1.82) is 0 Å². The Hall–Kier alpha value is -1.31. The van der Waals surface area contributed by atoms with Crippen molar-refractivity contribution in [3.63, 3.8) is 0 Å². The molecule has 0 radical (unpaired) electrons. The largest absolute Gasteiger partial charge is 0.496 e. The first-order chi connectivity index (χ1) is 9.75. The molecule has 0 aliphatic rings. The summed E-state index contributed by atoms with van der Waals surface area (Å²) < 4.78 is 33.0. The quantitative estimate of drug-likeness (QED) is 0.606. The fourth-order valence-corrected chi connectivity index (χ4v) is 2.35. The molecule has 1 rings (SSSR count). The number of methoxy groups -OCH3 is 1. The van der Waals surface area contributed by atoms with Crippen LogP contribution in [0.1, 0.15) is 24.2 Å². The maximum Gasteiger partial charge on any atom is 0.261 e. The highest BCUT2D eigenvalue weighted by Crippen LogP contribution is 2.24. The predicted octanol–water partition coefficient (Wildman–Crippen LogP) is 1.78. The van der Waals surface area contributed by atoms with Crippen molar-refractivity contribution in [2.45, 2.75) is 24.8 Å². The standard InChI is InChI=1S/C13H18ClNO5S/c1-9(2)20-7-6-15-13(16)11-8-10(21(14,17)18)4-5-12(11)19-3/h4-5,8-9H,6-7H2,1-3H3,(H,15,16). The van der Waals surface area contributed by atoms with Gasteiger partial charge in [-0.25, -0.2) is 8.42 Å². The third kappa shape index (κ3) is 5.53. The molecule has 1 amide bonds. The van der Waals surface area contributed by atoms with Gasteiger partial charge in [0, 0.05) is 17.2 Å². The second-order valence-electron chi connectivity index (χ2n) is 4.48. The Labute approximate surface area is 128 Å². The lowest BCUT2D eigenvalue weighted by atomic mass is 10.2. The topological polar surface area (TPSA) is 81.7 Å². The summed E-state index contributed by atoms with van der Waals surface area (Å²) in [5.74, 6) is -0.192. The van der Waals surface area contributed by atoms with E-state index < -0.39 is 15.0 Å². The normalized spacial score (nSPS) is 11.5. The Morgan fingerprint density at radius 3 is 2.57 bits per heavy atom. The maximum atomic E-state index is 12.1. The summed E-state index contributed by atoms with van der Waals surface area (Å²) in [7, 11) is 2.76. The Bertz CT molecular complexity index is 601. The van der Waals surface area contributed by atoms with Crippen LogP contribution in [0.3, 0.4) is 0 Å². The van der Waals surface area contributed by atoms with Gasteiger partial charge in [-0.1, -0.05) is 0 Å². The van der Waals surface area contributed by atoms with E-state index >= 15 is 0 Å². The Morgan fingerprint density at radius 2 is 2.05 bits per heavy atom. The first-order valence-corrected chi connectivity index (χ1v) is 8.59. The minimum absolute atomic E-state index is 0.0705. The Morgan fingerprint density at radius 1 is 1.38 bits per heavy atom. The molecule has 0 atom stereocenters. The molecule has 6 nitrogen and oxygen atoms in total. The molecule has 1 N–H and O–H groups in total. The van der Waals surface area contributed by atoms with Crippen LogP contribution in [-0.4, -0.2) is 40.7 Å². The highest BCUT2D eigenvalue weighted by Gasteiger charge is 2.17. The number of ether oxygens (including phenoxy) is 2. The smallest absolute Gasteiger partial charge is 0.261 e. The van der Waals surface area contributed by atoms with Gasteiger partial charge in [-0.2, -0.15) is 0 Å². The van der Waals surface area contributed by atoms with E-state index in [0.717, 1.165) is 0 Å². The lowest BCUT2D eigenvalue weighted by Crippen LogP contribution is -2.28. The second-order valence-corrected chi connectivity index (χ2v) is 7.04. The number of amides is 1. The van der Waals surface area contributed by atoms with Gasteiger partial charge in [0.05, 0.1) is 30.3 Å². The first-order valence-electron chi connectivity index (χ1n) is 6.28. The molecule has 1 aromatic rings. The second kappa shape index (κ2) is 7.63. The number of carbonyl (C=O) groups is 1. The van der Waals surface area contributed by atoms with Crippen LogP contribution in [-0.2, 0) is 13.8 Å². The molecular formula is C13H18ClNO5S. The van der Waals surface area contributed by atoms with Gasteiger partial charge < -0.3 is 14.8 Å². The van der Waals surface area contributed by atoms with Crippen LogP contribution in [0, 0.1) is 0 Å². The number of hydrogen-bond donors (Lipinski definition) is 1. The summed E-state index contributed by atoms with van der Waals surface area (Å²) >= 11 is 0. The number of nitrogens with one attached hydrogen (secondary N) is 1. The van der Waals surface area contributed by atoms with E-state index in [9.17, 15) is 13.2 Å². The lowest BCUT2D eigenvalue weighted by molar-refractivity contribution is 0.0745. The summed E-state index contributed by atoms with van der Waals surface area (Å²) in [6.45, 7) is 4.44. The fraction of sp³-hybridized carbons (Fsp3) is 0.462. The van der Waals surface area contributed by atoms with Gasteiger partial charge in [0.15, 0.2) is 0 Å². The Balaban J connectivity index is 2.86. The van der Waals surface area contributed by atoms with Crippen LogP contribution >= 0.6 is 10.7 Å². The molecule has 0 aliphatic carbocycles. The number of halogens is 1. The minimum Gasteiger partial charge on any atom is -0.496 e. The van der Waals surface area contributed by atoms with Crippen molar-refractivity contribution in [3.8, 4) is 5.75 Å². The minimum atomic E-state index is -3.91. The van der Waals surface area contributed by atoms with Gasteiger partial charge in [0.1, 0.15) is 5.75 Å². The van der Waals surface area contributed by atoms with Crippen molar-refractivity contribution >= 4 is 25.6 Å². The molecule has 0 bridgehead atoms. The zero-order chi connectivity index (χ0) is 16.0. The third-order valence-corrected chi connectivity index (χ3v) is 3.89. The van der Waals surface area contributed by atoms with E-state index in [1.165, 1.54) is 25.3 Å². The predicted molar refractivity (Wildman–Crippen MR) is 79.5 cm³/mol. The van der Waals surface area contributed by atoms with Crippen LogP contribution in [0.15, 0.2) is 23.1 Å². The van der Waals surface area contributed by atoms with Crippen molar-refractivity contribution in [2.24, 2.45) is 0 Å². The SMILES string of the molecule is COc1ccc(S(=O)(=O)Cl)cc1C(=O)NCCOC(C)C. The number of carbonyl (C=O) groups excluding carboxylic acids is 1. The van der Waals surface area contributed by atoms with Crippen LogP contribution in [0.25, 0.3) is 0 Å². The van der Waals surface area contributed by atoms with Crippen molar-refractivity contribution < 1.29 is 22.7 Å². The molecule has 118 valence electrons. The van der Waals surface area contributed by atoms with Crippen LogP contribution < -0.4 is 10.1 Å². The molecule has 8 heteroatoms. The summed E-state index contributed by atoms with van der Waals surface area (Å²) in [6.07, 6.45) is 0.0705. The molecule has 21 heavy (non-hydrogen) atoms. The lowest BCUT2D eigenvalue weighted by Gasteiger charge is -2.11. The van der Waals surface area contributed by atoms with Gasteiger partial charge in [-0.05, 0) is 32.0 Å². The molecule has 0 heterocycles. The summed E-state index contributed by atoms with van der Waals surface area (Å²) in [5.41, 5.74) is 0.101. The van der Waals surface area contributed by atoms with Crippen molar-refractivity contribution in [2.75, 3.05) is 20.3 Å². The molecule has 0 aliphatic heterocycles. The molecule has 1 aromatic carbocycles. The number of rotatable bonds is 7. The van der Waals surface area contributed by atoms with E-state index in [4.69, 9.17) is 20.2 Å². The zero-order valence-corrected chi connectivity index (χ0v) is 13.6. The monoisotopic (exact) mass is 335 g/mol. The Kier molecular flexibility index (Phi) is 6.44. The third-order valence-electron chi connectivity index (χ3n) is 2.54. The van der Waals surface area contributed by atoms with Crippen molar-refractivity contribution in [3.05, 3.63) is 23.8 Å². The van der Waals surface area contributed by atoms with Gasteiger partial charge in [0.25, 0.3) is 15.0 Å². The number of hydrogen-bond acceptors (Lipinski definition) is 5. The summed E-state index contributed by atoms with van der Waals surface area (Å²) in [4.78, 5) is 11.9. The number of benzene rings is 1. The molecule has 0 spiro atoms. The van der Waals surface area contributed by atoms with E-state index in [-0.39, 0.29) is 22.3 Å². The molecule has 0 saturated heterocycles. The fourth-order valence-electron chi connectivity index (χ4n) is 1.57. The van der Waals surface area contributed by atoms with E-state index in [2.05, 4.69) is 5.32 Å². The summed E-state index contributed by atoms with van der Waals surface area (Å²) in [6, 6.07) is 3.84.